The highest BCUT2D eigenvalue weighted by atomic mass is 32.2. The molecule has 1 aromatic rings. The maximum absolute atomic E-state index is 12.3. The van der Waals surface area contributed by atoms with Crippen LogP contribution in [-0.2, 0) is 10.0 Å². The smallest absolute Gasteiger partial charge is 0.337 e. The van der Waals surface area contributed by atoms with Crippen molar-refractivity contribution in [2.75, 3.05) is 12.3 Å². The van der Waals surface area contributed by atoms with Crippen LogP contribution >= 0.6 is 0 Å². The van der Waals surface area contributed by atoms with Crippen molar-refractivity contribution < 1.29 is 18.3 Å². The molecule has 0 amide bonds. The van der Waals surface area contributed by atoms with Gasteiger partial charge in [-0.05, 0) is 29.5 Å². The van der Waals surface area contributed by atoms with E-state index in [-0.39, 0.29) is 34.0 Å². The van der Waals surface area contributed by atoms with Gasteiger partial charge in [-0.2, -0.15) is 0 Å². The molecule has 4 N–H and O–H groups in total. The minimum Gasteiger partial charge on any atom is -0.478 e. The van der Waals surface area contributed by atoms with Crippen LogP contribution in [0.4, 0.5) is 5.69 Å². The van der Waals surface area contributed by atoms with E-state index in [1.54, 1.807) is 0 Å². The molecule has 1 aromatic carbocycles. The molecule has 0 spiro atoms. The fourth-order valence-electron chi connectivity index (χ4n) is 1.57. The van der Waals surface area contributed by atoms with E-state index in [1.165, 1.54) is 12.1 Å². The van der Waals surface area contributed by atoms with Crippen molar-refractivity contribution in [2.24, 2.45) is 11.3 Å². The van der Waals surface area contributed by atoms with E-state index in [4.69, 9.17) is 10.8 Å². The number of carboxylic acid groups (broad SMARTS) is 1. The van der Waals surface area contributed by atoms with Gasteiger partial charge in [-0.25, -0.2) is 17.9 Å². The number of sulfonamides is 1. The number of aromatic carboxylic acids is 1. The highest BCUT2D eigenvalue weighted by Gasteiger charge is 2.25. The van der Waals surface area contributed by atoms with E-state index in [1.807, 2.05) is 27.7 Å². The van der Waals surface area contributed by atoms with Gasteiger partial charge in [-0.1, -0.05) is 27.7 Å². The second kappa shape index (κ2) is 6.03. The second-order valence-corrected chi connectivity index (χ2v) is 7.92. The molecule has 0 aliphatic heterocycles. The Balaban J connectivity index is 3.07. The first-order valence-electron chi connectivity index (χ1n) is 6.57. The van der Waals surface area contributed by atoms with Crippen LogP contribution in [-0.4, -0.2) is 26.0 Å². The molecule has 0 radical (unpaired) electrons. The Bertz CT molecular complexity index is 633. The van der Waals surface area contributed by atoms with Crippen LogP contribution in [0.2, 0.25) is 0 Å². The van der Waals surface area contributed by atoms with Crippen molar-refractivity contribution in [1.29, 1.82) is 0 Å². The Morgan fingerprint density at radius 2 is 1.95 bits per heavy atom. The molecular weight excluding hydrogens is 292 g/mol. The fourth-order valence-corrected chi connectivity index (χ4v) is 2.88. The van der Waals surface area contributed by atoms with Gasteiger partial charge in [0, 0.05) is 12.2 Å². The van der Waals surface area contributed by atoms with E-state index in [0.717, 1.165) is 6.07 Å². The lowest BCUT2D eigenvalue weighted by Gasteiger charge is -2.27. The average Bonchev–Trinajstić information content (AvgIpc) is 2.34. The number of carboxylic acids is 1. The molecule has 0 aliphatic carbocycles. The molecule has 1 unspecified atom stereocenters. The maximum Gasteiger partial charge on any atom is 0.337 e. The lowest BCUT2D eigenvalue weighted by Crippen LogP contribution is -2.34. The topological polar surface area (TPSA) is 109 Å². The predicted molar refractivity (Wildman–Crippen MR) is 81.6 cm³/mol. The summed E-state index contributed by atoms with van der Waals surface area (Å²) in [5.41, 5.74) is 5.33. The third kappa shape index (κ3) is 4.44. The minimum atomic E-state index is -3.89. The molecule has 0 fully saturated rings. The number of rotatable bonds is 5. The Kier molecular flexibility index (Phi) is 5.01. The van der Waals surface area contributed by atoms with E-state index in [2.05, 4.69) is 4.72 Å². The van der Waals surface area contributed by atoms with Gasteiger partial charge in [-0.15, -0.1) is 0 Å². The van der Waals surface area contributed by atoms with E-state index < -0.39 is 16.0 Å². The summed E-state index contributed by atoms with van der Waals surface area (Å²) in [5, 5.41) is 9.11. The number of benzene rings is 1. The molecular formula is C14H22N2O4S. The summed E-state index contributed by atoms with van der Waals surface area (Å²) < 4.78 is 27.0. The van der Waals surface area contributed by atoms with Gasteiger partial charge in [-0.3, -0.25) is 0 Å². The molecule has 0 aliphatic rings. The Morgan fingerprint density at radius 3 is 2.43 bits per heavy atom. The highest BCUT2D eigenvalue weighted by molar-refractivity contribution is 7.89. The number of nitrogens with one attached hydrogen (secondary N) is 1. The minimum absolute atomic E-state index is 0.0563. The summed E-state index contributed by atoms with van der Waals surface area (Å²) in [6.45, 7) is 8.20. The van der Waals surface area contributed by atoms with Crippen molar-refractivity contribution >= 4 is 21.7 Å². The number of hydrogen-bond acceptors (Lipinski definition) is 4. The van der Waals surface area contributed by atoms with Gasteiger partial charge in [0.1, 0.15) is 0 Å². The largest absolute Gasteiger partial charge is 0.478 e. The Morgan fingerprint density at radius 1 is 1.38 bits per heavy atom. The average molecular weight is 314 g/mol. The molecule has 21 heavy (non-hydrogen) atoms. The van der Waals surface area contributed by atoms with Crippen LogP contribution in [0.1, 0.15) is 38.1 Å². The van der Waals surface area contributed by atoms with Crippen LogP contribution in [0.15, 0.2) is 23.1 Å². The van der Waals surface area contributed by atoms with Crippen LogP contribution < -0.4 is 10.5 Å². The number of carbonyl (C=O) groups is 1. The van der Waals surface area contributed by atoms with Crippen LogP contribution in [0, 0.1) is 11.3 Å². The number of hydrogen-bond donors (Lipinski definition) is 3. The van der Waals surface area contributed by atoms with E-state index >= 15 is 0 Å². The van der Waals surface area contributed by atoms with Gasteiger partial charge in [0.2, 0.25) is 10.0 Å². The molecule has 0 saturated heterocycles. The zero-order valence-electron chi connectivity index (χ0n) is 12.7. The number of nitrogens with two attached hydrogens (primary N) is 1. The van der Waals surface area contributed by atoms with Gasteiger partial charge in [0.05, 0.1) is 10.5 Å². The zero-order valence-corrected chi connectivity index (χ0v) is 13.5. The second-order valence-electron chi connectivity index (χ2n) is 6.18. The lowest BCUT2D eigenvalue weighted by molar-refractivity contribution is 0.0692. The fraction of sp³-hybridized carbons (Fsp3) is 0.500. The van der Waals surface area contributed by atoms with Crippen LogP contribution in [0.3, 0.4) is 0 Å². The quantitative estimate of drug-likeness (QED) is 0.719. The summed E-state index contributed by atoms with van der Waals surface area (Å²) in [5.74, 6) is -1.24. The molecule has 118 valence electrons. The standard InChI is InChI=1S/C14H22N2O4S/c1-9(14(2,3)4)8-16-21(19,20)12-6-5-10(15)7-11(12)13(17)18/h5-7,9,16H,8,15H2,1-4H3,(H,17,18). The summed E-state index contributed by atoms with van der Waals surface area (Å²) in [6.07, 6.45) is 0. The van der Waals surface area contributed by atoms with Crippen LogP contribution in [0.25, 0.3) is 0 Å². The van der Waals surface area contributed by atoms with E-state index in [9.17, 15) is 13.2 Å². The zero-order chi connectivity index (χ0) is 16.4. The van der Waals surface area contributed by atoms with Crippen molar-refractivity contribution in [2.45, 2.75) is 32.6 Å². The molecule has 1 atom stereocenters. The molecule has 0 saturated carbocycles. The van der Waals surface area contributed by atoms with Crippen molar-refractivity contribution in [3.63, 3.8) is 0 Å². The van der Waals surface area contributed by atoms with Gasteiger partial charge >= 0.3 is 5.97 Å². The maximum atomic E-state index is 12.3. The highest BCUT2D eigenvalue weighted by Crippen LogP contribution is 2.25. The first-order chi connectivity index (χ1) is 9.45. The molecule has 0 bridgehead atoms. The van der Waals surface area contributed by atoms with Gasteiger partial charge in [0.25, 0.3) is 0 Å². The monoisotopic (exact) mass is 314 g/mol. The molecule has 6 nitrogen and oxygen atoms in total. The van der Waals surface area contributed by atoms with Gasteiger partial charge < -0.3 is 10.8 Å². The molecule has 1 rings (SSSR count). The summed E-state index contributed by atoms with van der Waals surface area (Å²) in [4.78, 5) is 10.9. The summed E-state index contributed by atoms with van der Waals surface area (Å²) in [7, 11) is -3.89. The predicted octanol–water partition coefficient (Wildman–Crippen LogP) is 1.93. The third-order valence-corrected chi connectivity index (χ3v) is 5.06. The van der Waals surface area contributed by atoms with Crippen molar-refractivity contribution in [3.05, 3.63) is 23.8 Å². The lowest BCUT2D eigenvalue weighted by atomic mass is 9.82. The van der Waals surface area contributed by atoms with Gasteiger partial charge in [0.15, 0.2) is 0 Å². The number of anilines is 1. The van der Waals surface area contributed by atoms with Crippen molar-refractivity contribution in [1.82, 2.24) is 4.72 Å². The Labute approximate surface area is 125 Å². The number of nitrogen functional groups attached to an aromatic ring is 1. The first kappa shape index (κ1) is 17.5. The third-order valence-electron chi connectivity index (χ3n) is 3.58. The SMILES string of the molecule is CC(CNS(=O)(=O)c1ccc(N)cc1C(=O)O)C(C)(C)C. The van der Waals surface area contributed by atoms with Crippen molar-refractivity contribution in [3.8, 4) is 0 Å². The van der Waals surface area contributed by atoms with E-state index in [0.29, 0.717) is 0 Å². The van der Waals surface area contributed by atoms with Crippen LogP contribution in [0.5, 0.6) is 0 Å². The molecule has 0 heterocycles. The molecule has 0 aromatic heterocycles. The summed E-state index contributed by atoms with van der Waals surface area (Å²) >= 11 is 0. The molecule has 7 heteroatoms. The Hall–Kier alpha value is -1.60. The first-order valence-corrected chi connectivity index (χ1v) is 8.06. The normalized spacial score (nSPS) is 13.9. The summed E-state index contributed by atoms with van der Waals surface area (Å²) in [6, 6.07) is 3.72.